The molecule has 1 heterocycles. The first-order valence-electron chi connectivity index (χ1n) is 8.71. The van der Waals surface area contributed by atoms with Crippen molar-refractivity contribution in [3.8, 4) is 0 Å². The molecule has 3 rings (SSSR count). The van der Waals surface area contributed by atoms with E-state index in [1.165, 1.54) is 24.3 Å². The second-order valence-electron chi connectivity index (χ2n) is 6.78. The lowest BCUT2D eigenvalue weighted by Crippen LogP contribution is -2.47. The molecule has 6 heteroatoms. The Morgan fingerprint density at radius 1 is 1.24 bits per heavy atom. The lowest BCUT2D eigenvalue weighted by atomic mass is 9.96. The fraction of sp³-hybridized carbons (Fsp3) is 0.474. The van der Waals surface area contributed by atoms with Gasteiger partial charge >= 0.3 is 0 Å². The second-order valence-corrected chi connectivity index (χ2v) is 6.78. The van der Waals surface area contributed by atoms with Crippen molar-refractivity contribution in [3.63, 3.8) is 0 Å². The Morgan fingerprint density at radius 3 is 2.68 bits per heavy atom. The summed E-state index contributed by atoms with van der Waals surface area (Å²) in [6.07, 6.45) is 6.08. The lowest BCUT2D eigenvalue weighted by molar-refractivity contribution is -0.126. The number of hydrogen-bond donors (Lipinski definition) is 2. The zero-order valence-electron chi connectivity index (χ0n) is 14.0. The van der Waals surface area contributed by atoms with Crippen molar-refractivity contribution in [1.82, 2.24) is 10.2 Å². The van der Waals surface area contributed by atoms with Crippen LogP contribution in [0.5, 0.6) is 0 Å². The van der Waals surface area contributed by atoms with Crippen LogP contribution < -0.4 is 5.32 Å². The second kappa shape index (κ2) is 7.78. The summed E-state index contributed by atoms with van der Waals surface area (Å²) in [5, 5.41) is 12.2. The summed E-state index contributed by atoms with van der Waals surface area (Å²) < 4.78 is 13.0. The van der Waals surface area contributed by atoms with Gasteiger partial charge in [-0.2, -0.15) is 0 Å². The molecule has 2 N–H and O–H groups in total. The van der Waals surface area contributed by atoms with Crippen molar-refractivity contribution < 1.29 is 19.1 Å². The van der Waals surface area contributed by atoms with Gasteiger partial charge in [0.05, 0.1) is 5.92 Å². The van der Waals surface area contributed by atoms with Gasteiger partial charge in [0.2, 0.25) is 5.91 Å². The monoisotopic (exact) mass is 346 g/mol. The third kappa shape index (κ3) is 4.25. The van der Waals surface area contributed by atoms with Crippen molar-refractivity contribution in [1.29, 1.82) is 0 Å². The van der Waals surface area contributed by atoms with Crippen LogP contribution in [-0.2, 0) is 4.79 Å². The minimum atomic E-state index is -0.377. The number of hydrogen-bond acceptors (Lipinski definition) is 3. The largest absolute Gasteiger partial charge is 0.396 e. The molecular formula is C19H23FN2O3. The van der Waals surface area contributed by atoms with E-state index >= 15 is 0 Å². The quantitative estimate of drug-likeness (QED) is 0.816. The smallest absolute Gasteiger partial charge is 0.253 e. The van der Waals surface area contributed by atoms with Crippen molar-refractivity contribution in [2.24, 2.45) is 11.8 Å². The van der Waals surface area contributed by atoms with Gasteiger partial charge in [-0.3, -0.25) is 9.59 Å². The average molecular weight is 346 g/mol. The third-order valence-electron chi connectivity index (χ3n) is 4.90. The highest BCUT2D eigenvalue weighted by molar-refractivity contribution is 5.94. The number of halogens is 1. The fourth-order valence-corrected chi connectivity index (χ4v) is 3.47. The summed E-state index contributed by atoms with van der Waals surface area (Å²) in [7, 11) is 0. The number of aliphatic hydroxyl groups excluding tert-OH is 1. The van der Waals surface area contributed by atoms with Crippen LogP contribution in [0.15, 0.2) is 36.4 Å². The summed E-state index contributed by atoms with van der Waals surface area (Å²) in [6, 6.07) is 5.43. The van der Waals surface area contributed by atoms with Crippen LogP contribution in [0.3, 0.4) is 0 Å². The van der Waals surface area contributed by atoms with Gasteiger partial charge in [-0.25, -0.2) is 4.39 Å². The molecule has 0 bridgehead atoms. The van der Waals surface area contributed by atoms with Crippen LogP contribution >= 0.6 is 0 Å². The number of rotatable bonds is 4. The van der Waals surface area contributed by atoms with E-state index in [0.717, 1.165) is 12.8 Å². The average Bonchev–Trinajstić information content (AvgIpc) is 3.09. The van der Waals surface area contributed by atoms with Crippen LogP contribution in [0, 0.1) is 17.7 Å². The van der Waals surface area contributed by atoms with Crippen LogP contribution in [0.25, 0.3) is 0 Å². The molecule has 0 saturated carbocycles. The summed E-state index contributed by atoms with van der Waals surface area (Å²) in [5.74, 6) is -0.727. The van der Waals surface area contributed by atoms with Gasteiger partial charge in [-0.15, -0.1) is 0 Å². The molecule has 1 fully saturated rings. The number of benzene rings is 1. The SMILES string of the molecule is O=C(N[C@@H]1C=C[C@H](CO)C1)C1CCCN(C(=O)c2ccc(F)cc2)C1. The van der Waals surface area contributed by atoms with Gasteiger partial charge < -0.3 is 15.3 Å². The molecule has 0 spiro atoms. The summed E-state index contributed by atoms with van der Waals surface area (Å²) >= 11 is 0. The van der Waals surface area contributed by atoms with Gasteiger partial charge in [0.1, 0.15) is 5.82 Å². The first kappa shape index (κ1) is 17.6. The predicted octanol–water partition coefficient (Wildman–Crippen LogP) is 1.73. The van der Waals surface area contributed by atoms with Gasteiger partial charge in [0.25, 0.3) is 5.91 Å². The molecule has 1 aliphatic carbocycles. The fourth-order valence-electron chi connectivity index (χ4n) is 3.47. The van der Waals surface area contributed by atoms with Gasteiger partial charge in [-0.1, -0.05) is 12.2 Å². The molecule has 0 radical (unpaired) electrons. The summed E-state index contributed by atoms with van der Waals surface area (Å²) in [4.78, 5) is 26.7. The number of carbonyl (C=O) groups excluding carboxylic acids is 2. The van der Waals surface area contributed by atoms with Gasteiger partial charge in [0, 0.05) is 37.2 Å². The maximum Gasteiger partial charge on any atom is 0.253 e. The Morgan fingerprint density at radius 2 is 2.00 bits per heavy atom. The third-order valence-corrected chi connectivity index (χ3v) is 4.90. The van der Waals surface area contributed by atoms with Gasteiger partial charge in [-0.05, 0) is 43.5 Å². The maximum atomic E-state index is 13.0. The van der Waals surface area contributed by atoms with Crippen molar-refractivity contribution >= 4 is 11.8 Å². The molecular weight excluding hydrogens is 323 g/mol. The highest BCUT2D eigenvalue weighted by Crippen LogP contribution is 2.21. The lowest BCUT2D eigenvalue weighted by Gasteiger charge is -2.32. The minimum absolute atomic E-state index is 0.0483. The van der Waals surface area contributed by atoms with E-state index < -0.39 is 0 Å². The Balaban J connectivity index is 1.57. The Hall–Kier alpha value is -2.21. The number of nitrogens with one attached hydrogen (secondary N) is 1. The van der Waals surface area contributed by atoms with E-state index in [0.29, 0.717) is 25.1 Å². The molecule has 1 saturated heterocycles. The van der Waals surface area contributed by atoms with Crippen molar-refractivity contribution in [2.45, 2.75) is 25.3 Å². The number of piperidine rings is 1. The zero-order chi connectivity index (χ0) is 17.8. The molecule has 1 aromatic rings. The topological polar surface area (TPSA) is 69.6 Å². The van der Waals surface area contributed by atoms with E-state index in [4.69, 9.17) is 5.11 Å². The number of carbonyl (C=O) groups is 2. The normalized spacial score (nSPS) is 25.8. The zero-order valence-corrected chi connectivity index (χ0v) is 14.0. The van der Waals surface area contributed by atoms with E-state index in [1.807, 2.05) is 12.2 Å². The first-order chi connectivity index (χ1) is 12.1. The van der Waals surface area contributed by atoms with Crippen molar-refractivity contribution in [3.05, 3.63) is 47.8 Å². The number of amides is 2. The van der Waals surface area contributed by atoms with Crippen LogP contribution in [0.1, 0.15) is 29.6 Å². The molecule has 2 amide bonds. The minimum Gasteiger partial charge on any atom is -0.396 e. The predicted molar refractivity (Wildman–Crippen MR) is 91.3 cm³/mol. The van der Waals surface area contributed by atoms with E-state index in [9.17, 15) is 14.0 Å². The Kier molecular flexibility index (Phi) is 5.48. The van der Waals surface area contributed by atoms with Crippen LogP contribution in [0.2, 0.25) is 0 Å². The van der Waals surface area contributed by atoms with E-state index in [1.54, 1.807) is 4.90 Å². The molecule has 1 aromatic carbocycles. The number of likely N-dealkylation sites (tertiary alicyclic amines) is 1. The van der Waals surface area contributed by atoms with E-state index in [2.05, 4.69) is 5.32 Å². The van der Waals surface area contributed by atoms with Crippen LogP contribution in [-0.4, -0.2) is 47.6 Å². The molecule has 1 aliphatic heterocycles. The highest BCUT2D eigenvalue weighted by Gasteiger charge is 2.30. The Labute approximate surface area is 146 Å². The Bertz CT molecular complexity index is 659. The standard InChI is InChI=1S/C19H23FN2O3/c20-16-6-4-14(5-7-16)19(25)22-9-1-2-15(11-22)18(24)21-17-8-3-13(10-17)12-23/h3-8,13,15,17,23H,1-2,9-12H2,(H,21,24)/t13-,15?,17+/m0/s1. The summed E-state index contributed by atoms with van der Waals surface area (Å²) in [5.41, 5.74) is 0.437. The molecule has 25 heavy (non-hydrogen) atoms. The molecule has 2 aliphatic rings. The highest BCUT2D eigenvalue weighted by atomic mass is 19.1. The number of nitrogens with zero attached hydrogens (tertiary/aromatic N) is 1. The summed E-state index contributed by atoms with van der Waals surface area (Å²) in [6.45, 7) is 1.07. The molecule has 0 aromatic heterocycles. The molecule has 3 atom stereocenters. The molecule has 5 nitrogen and oxygen atoms in total. The number of aliphatic hydroxyl groups is 1. The molecule has 1 unspecified atom stereocenters. The van der Waals surface area contributed by atoms with E-state index in [-0.39, 0.29) is 42.1 Å². The maximum absolute atomic E-state index is 13.0. The molecule has 134 valence electrons. The van der Waals surface area contributed by atoms with Crippen LogP contribution in [0.4, 0.5) is 4.39 Å². The van der Waals surface area contributed by atoms with Gasteiger partial charge in [0.15, 0.2) is 0 Å². The van der Waals surface area contributed by atoms with Crippen molar-refractivity contribution in [2.75, 3.05) is 19.7 Å². The first-order valence-corrected chi connectivity index (χ1v) is 8.71.